The van der Waals surface area contributed by atoms with Gasteiger partial charge in [-0.05, 0) is 52.7 Å². The van der Waals surface area contributed by atoms with Crippen molar-refractivity contribution >= 4 is 30.1 Å². The molecular weight excluding hydrogens is 336 g/mol. The van der Waals surface area contributed by atoms with Gasteiger partial charge >= 0.3 is 7.12 Å². The maximum atomic E-state index is 12.5. The molecule has 6 heteroatoms. The number of carbonyl (C=O) groups is 1. The minimum Gasteiger partial charge on any atom is -0.399 e. The van der Waals surface area contributed by atoms with Crippen molar-refractivity contribution in [2.45, 2.75) is 77.0 Å². The largest absolute Gasteiger partial charge is 0.496 e. The van der Waals surface area contributed by atoms with Crippen LogP contribution in [0.15, 0.2) is 18.2 Å². The number of rotatable bonds is 3. The lowest BCUT2D eigenvalue weighted by atomic mass is 9.78. The monoisotopic (exact) mass is 363 g/mol. The Hall–Kier alpha value is -1.04. The maximum absolute atomic E-state index is 12.5. The lowest BCUT2D eigenvalue weighted by molar-refractivity contribution is 0.00578. The predicted octanol–water partition coefficient (Wildman–Crippen LogP) is 3.70. The van der Waals surface area contributed by atoms with Crippen LogP contribution in [0.3, 0.4) is 0 Å². The highest BCUT2D eigenvalue weighted by Gasteiger charge is 2.52. The molecule has 25 heavy (non-hydrogen) atoms. The van der Waals surface area contributed by atoms with E-state index in [-0.39, 0.29) is 11.9 Å². The number of halogens is 1. The molecule has 0 radical (unpaired) electrons. The van der Waals surface area contributed by atoms with E-state index in [4.69, 9.17) is 20.9 Å². The highest BCUT2D eigenvalue weighted by atomic mass is 35.5. The zero-order chi connectivity index (χ0) is 18.2. The van der Waals surface area contributed by atoms with Gasteiger partial charge in [-0.3, -0.25) is 4.79 Å². The summed E-state index contributed by atoms with van der Waals surface area (Å²) in [6.45, 7) is 8.03. The molecule has 136 valence electrons. The normalized spacial score (nSPS) is 22.8. The molecule has 3 rings (SSSR count). The van der Waals surface area contributed by atoms with E-state index in [0.29, 0.717) is 10.6 Å². The SMILES string of the molecule is CC1(C)OB(c2ccc(C(=O)NC3CCCCC3)cc2Cl)OC1(C)C. The van der Waals surface area contributed by atoms with Gasteiger partial charge in [0.1, 0.15) is 0 Å². The van der Waals surface area contributed by atoms with Gasteiger partial charge in [-0.1, -0.05) is 36.9 Å². The smallest absolute Gasteiger partial charge is 0.399 e. The molecule has 0 bridgehead atoms. The molecule has 1 aromatic carbocycles. The first-order valence-corrected chi connectivity index (χ1v) is 9.53. The Balaban J connectivity index is 1.72. The molecule has 0 aromatic heterocycles. The fourth-order valence-electron chi connectivity index (χ4n) is 3.35. The van der Waals surface area contributed by atoms with Crippen molar-refractivity contribution in [3.8, 4) is 0 Å². The van der Waals surface area contributed by atoms with Crippen LogP contribution in [0, 0.1) is 0 Å². The van der Waals surface area contributed by atoms with Crippen molar-refractivity contribution in [1.29, 1.82) is 0 Å². The summed E-state index contributed by atoms with van der Waals surface area (Å²) < 4.78 is 12.1. The van der Waals surface area contributed by atoms with E-state index < -0.39 is 18.3 Å². The minimum absolute atomic E-state index is 0.0609. The number of hydrogen-bond donors (Lipinski definition) is 1. The van der Waals surface area contributed by atoms with Gasteiger partial charge in [0.15, 0.2) is 0 Å². The number of amides is 1. The average Bonchev–Trinajstić information content (AvgIpc) is 2.76. The summed E-state index contributed by atoms with van der Waals surface area (Å²) >= 11 is 6.44. The molecule has 0 spiro atoms. The lowest BCUT2D eigenvalue weighted by Crippen LogP contribution is -2.41. The van der Waals surface area contributed by atoms with Gasteiger partial charge < -0.3 is 14.6 Å². The van der Waals surface area contributed by atoms with Crippen molar-refractivity contribution in [3.05, 3.63) is 28.8 Å². The van der Waals surface area contributed by atoms with E-state index >= 15 is 0 Å². The van der Waals surface area contributed by atoms with Crippen molar-refractivity contribution in [2.24, 2.45) is 0 Å². The molecule has 4 nitrogen and oxygen atoms in total. The molecular formula is C19H27BClNO3. The molecule has 0 unspecified atom stereocenters. The summed E-state index contributed by atoms with van der Waals surface area (Å²) in [4.78, 5) is 12.5. The molecule has 1 aromatic rings. The second-order valence-electron chi connectivity index (χ2n) is 8.13. The Bertz CT molecular complexity index is 640. The van der Waals surface area contributed by atoms with Gasteiger partial charge in [0.2, 0.25) is 0 Å². The first-order valence-electron chi connectivity index (χ1n) is 9.15. The highest BCUT2D eigenvalue weighted by Crippen LogP contribution is 2.37. The molecule has 1 saturated carbocycles. The van der Waals surface area contributed by atoms with E-state index in [2.05, 4.69) is 5.32 Å². The molecule has 1 heterocycles. The van der Waals surface area contributed by atoms with Crippen LogP contribution >= 0.6 is 11.6 Å². The van der Waals surface area contributed by atoms with Crippen molar-refractivity contribution in [3.63, 3.8) is 0 Å². The Kier molecular flexibility index (Phi) is 5.20. The van der Waals surface area contributed by atoms with Crippen molar-refractivity contribution < 1.29 is 14.1 Å². The van der Waals surface area contributed by atoms with E-state index in [9.17, 15) is 4.79 Å². The van der Waals surface area contributed by atoms with Gasteiger partial charge in [-0.15, -0.1) is 0 Å². The first kappa shape index (κ1) is 18.7. The first-order chi connectivity index (χ1) is 11.7. The van der Waals surface area contributed by atoms with Crippen LogP contribution in [0.25, 0.3) is 0 Å². The van der Waals surface area contributed by atoms with Gasteiger partial charge in [0.25, 0.3) is 5.91 Å². The predicted molar refractivity (Wildman–Crippen MR) is 102 cm³/mol. The average molecular weight is 364 g/mol. The molecule has 1 N–H and O–H groups in total. The molecule has 0 atom stereocenters. The second-order valence-corrected chi connectivity index (χ2v) is 8.54. The number of hydrogen-bond acceptors (Lipinski definition) is 3. The fourth-order valence-corrected chi connectivity index (χ4v) is 3.61. The summed E-state index contributed by atoms with van der Waals surface area (Å²) in [5.74, 6) is -0.0609. The quantitative estimate of drug-likeness (QED) is 0.833. The second kappa shape index (κ2) is 6.94. The van der Waals surface area contributed by atoms with Crippen molar-refractivity contribution in [1.82, 2.24) is 5.32 Å². The Labute approximate surface area is 155 Å². The number of nitrogens with one attached hydrogen (secondary N) is 1. The van der Waals surface area contributed by atoms with E-state index in [1.807, 2.05) is 33.8 Å². The van der Waals surface area contributed by atoms with Gasteiger partial charge in [-0.2, -0.15) is 0 Å². The van der Waals surface area contributed by atoms with Crippen LogP contribution in [0.1, 0.15) is 70.2 Å². The summed E-state index contributed by atoms with van der Waals surface area (Å²) in [7, 11) is -0.520. The third-order valence-electron chi connectivity index (χ3n) is 5.71. The van der Waals surface area contributed by atoms with Crippen LogP contribution < -0.4 is 10.8 Å². The summed E-state index contributed by atoms with van der Waals surface area (Å²) in [6.07, 6.45) is 5.76. The zero-order valence-electron chi connectivity index (χ0n) is 15.5. The Morgan fingerprint density at radius 3 is 2.28 bits per heavy atom. The van der Waals surface area contributed by atoms with Crippen LogP contribution in [0.5, 0.6) is 0 Å². The zero-order valence-corrected chi connectivity index (χ0v) is 16.3. The minimum atomic E-state index is -0.520. The van der Waals surface area contributed by atoms with Crippen molar-refractivity contribution in [2.75, 3.05) is 0 Å². The molecule has 1 saturated heterocycles. The van der Waals surface area contributed by atoms with Crippen LogP contribution in [-0.4, -0.2) is 30.3 Å². The molecule has 2 aliphatic rings. The summed E-state index contributed by atoms with van der Waals surface area (Å²) in [5.41, 5.74) is 0.501. The molecule has 1 aliphatic carbocycles. The van der Waals surface area contributed by atoms with E-state index in [1.165, 1.54) is 19.3 Å². The van der Waals surface area contributed by atoms with Gasteiger partial charge in [0.05, 0.1) is 11.2 Å². The number of carbonyl (C=O) groups excluding carboxylic acids is 1. The Morgan fingerprint density at radius 1 is 1.12 bits per heavy atom. The van der Waals surface area contributed by atoms with E-state index in [1.54, 1.807) is 12.1 Å². The van der Waals surface area contributed by atoms with Crippen LogP contribution in [0.2, 0.25) is 5.02 Å². The maximum Gasteiger partial charge on any atom is 0.496 e. The summed E-state index contributed by atoms with van der Waals surface area (Å²) in [5, 5.41) is 3.61. The summed E-state index contributed by atoms with van der Waals surface area (Å²) in [6, 6.07) is 5.62. The topological polar surface area (TPSA) is 47.6 Å². The molecule has 1 aliphatic heterocycles. The van der Waals surface area contributed by atoms with Crippen LogP contribution in [-0.2, 0) is 9.31 Å². The number of benzene rings is 1. The molecule has 2 fully saturated rings. The molecule has 1 amide bonds. The van der Waals surface area contributed by atoms with E-state index in [0.717, 1.165) is 18.3 Å². The standard InChI is InChI=1S/C19H27BClNO3/c1-18(2)19(3,4)25-20(24-18)15-11-10-13(12-16(15)21)17(23)22-14-8-6-5-7-9-14/h10-12,14H,5-9H2,1-4H3,(H,22,23). The highest BCUT2D eigenvalue weighted by molar-refractivity contribution is 6.65. The van der Waals surface area contributed by atoms with Gasteiger partial charge in [-0.25, -0.2) is 0 Å². The third kappa shape index (κ3) is 3.89. The Morgan fingerprint density at radius 2 is 1.72 bits per heavy atom. The lowest BCUT2D eigenvalue weighted by Gasteiger charge is -2.32. The fraction of sp³-hybridized carbons (Fsp3) is 0.632. The van der Waals surface area contributed by atoms with Crippen LogP contribution in [0.4, 0.5) is 0 Å². The van der Waals surface area contributed by atoms with Gasteiger partial charge in [0, 0.05) is 22.1 Å². The third-order valence-corrected chi connectivity index (χ3v) is 6.04.